The van der Waals surface area contributed by atoms with Crippen LogP contribution in [0.4, 0.5) is 5.69 Å². The van der Waals surface area contributed by atoms with Gasteiger partial charge in [0.15, 0.2) is 11.5 Å². The molecule has 2 aromatic rings. The van der Waals surface area contributed by atoms with E-state index >= 15 is 0 Å². The molecule has 8 heteroatoms. The SMILES string of the molecule is CCOc1ccc(C(=O)Nc2cccc(S(=O)(=O)NC3CC3)c2)cc1OC. The molecule has 27 heavy (non-hydrogen) atoms. The number of hydrogen-bond acceptors (Lipinski definition) is 5. The van der Waals surface area contributed by atoms with Crippen LogP contribution in [0.2, 0.25) is 0 Å². The van der Waals surface area contributed by atoms with Crippen LogP contribution in [0.5, 0.6) is 11.5 Å². The van der Waals surface area contributed by atoms with Crippen molar-refractivity contribution >= 4 is 21.6 Å². The highest BCUT2D eigenvalue weighted by Gasteiger charge is 2.28. The summed E-state index contributed by atoms with van der Waals surface area (Å²) in [6.45, 7) is 2.34. The maximum Gasteiger partial charge on any atom is 0.255 e. The number of rotatable bonds is 8. The van der Waals surface area contributed by atoms with Crippen molar-refractivity contribution in [2.75, 3.05) is 19.0 Å². The molecule has 0 heterocycles. The fraction of sp³-hybridized carbons (Fsp3) is 0.316. The van der Waals surface area contributed by atoms with E-state index in [2.05, 4.69) is 10.0 Å². The van der Waals surface area contributed by atoms with Crippen molar-refractivity contribution in [1.29, 1.82) is 0 Å². The normalized spacial score (nSPS) is 13.9. The molecular weight excluding hydrogens is 368 g/mol. The number of nitrogens with one attached hydrogen (secondary N) is 2. The maximum atomic E-state index is 12.5. The Balaban J connectivity index is 1.77. The van der Waals surface area contributed by atoms with E-state index in [1.807, 2.05) is 6.92 Å². The highest BCUT2D eigenvalue weighted by Crippen LogP contribution is 2.28. The van der Waals surface area contributed by atoms with Gasteiger partial charge in [0.1, 0.15) is 0 Å². The molecule has 0 unspecified atom stereocenters. The summed E-state index contributed by atoms with van der Waals surface area (Å²) < 4.78 is 38.0. The number of carbonyl (C=O) groups excluding carboxylic acids is 1. The Bertz CT molecular complexity index is 939. The van der Waals surface area contributed by atoms with E-state index in [4.69, 9.17) is 9.47 Å². The summed E-state index contributed by atoms with van der Waals surface area (Å²) in [5, 5.41) is 2.71. The first-order chi connectivity index (χ1) is 12.9. The maximum absolute atomic E-state index is 12.5. The van der Waals surface area contributed by atoms with E-state index in [9.17, 15) is 13.2 Å². The predicted octanol–water partition coefficient (Wildman–Crippen LogP) is 2.79. The van der Waals surface area contributed by atoms with E-state index in [1.54, 1.807) is 30.3 Å². The van der Waals surface area contributed by atoms with E-state index in [0.29, 0.717) is 29.4 Å². The topological polar surface area (TPSA) is 93.7 Å². The van der Waals surface area contributed by atoms with Crippen LogP contribution in [-0.4, -0.2) is 34.1 Å². The molecule has 2 aromatic carbocycles. The van der Waals surface area contributed by atoms with Gasteiger partial charge in [0, 0.05) is 17.3 Å². The van der Waals surface area contributed by atoms with Gasteiger partial charge in [0.05, 0.1) is 18.6 Å². The molecule has 1 aliphatic rings. The summed E-state index contributed by atoms with van der Waals surface area (Å²) in [7, 11) is -2.08. The fourth-order valence-electron chi connectivity index (χ4n) is 2.52. The zero-order valence-corrected chi connectivity index (χ0v) is 16.0. The van der Waals surface area contributed by atoms with Gasteiger partial charge in [-0.1, -0.05) is 6.07 Å². The van der Waals surface area contributed by atoms with Gasteiger partial charge in [-0.2, -0.15) is 0 Å². The van der Waals surface area contributed by atoms with Gasteiger partial charge < -0.3 is 14.8 Å². The van der Waals surface area contributed by atoms with Gasteiger partial charge in [-0.05, 0) is 56.2 Å². The third kappa shape index (κ3) is 4.78. The van der Waals surface area contributed by atoms with Crippen molar-refractivity contribution in [1.82, 2.24) is 4.72 Å². The molecule has 0 spiro atoms. The number of hydrogen-bond donors (Lipinski definition) is 2. The smallest absolute Gasteiger partial charge is 0.255 e. The number of ether oxygens (including phenoxy) is 2. The number of anilines is 1. The van der Waals surface area contributed by atoms with E-state index in [1.165, 1.54) is 19.2 Å². The van der Waals surface area contributed by atoms with Crippen molar-refractivity contribution in [3.05, 3.63) is 48.0 Å². The summed E-state index contributed by atoms with van der Waals surface area (Å²) in [6.07, 6.45) is 1.71. The molecular formula is C19H22N2O5S. The minimum Gasteiger partial charge on any atom is -0.493 e. The average Bonchev–Trinajstić information content (AvgIpc) is 3.45. The first kappa shape index (κ1) is 19.2. The molecule has 1 aliphatic carbocycles. The monoisotopic (exact) mass is 390 g/mol. The predicted molar refractivity (Wildman–Crippen MR) is 102 cm³/mol. The van der Waals surface area contributed by atoms with Gasteiger partial charge in [-0.15, -0.1) is 0 Å². The van der Waals surface area contributed by atoms with Crippen molar-refractivity contribution < 1.29 is 22.7 Å². The molecule has 3 rings (SSSR count). The van der Waals surface area contributed by atoms with Crippen LogP contribution in [-0.2, 0) is 10.0 Å². The van der Waals surface area contributed by atoms with E-state index < -0.39 is 10.0 Å². The molecule has 1 saturated carbocycles. The molecule has 0 saturated heterocycles. The lowest BCUT2D eigenvalue weighted by molar-refractivity contribution is 0.102. The third-order valence-corrected chi connectivity index (χ3v) is 5.55. The van der Waals surface area contributed by atoms with Crippen molar-refractivity contribution in [3.8, 4) is 11.5 Å². The second-order valence-electron chi connectivity index (χ2n) is 6.18. The van der Waals surface area contributed by atoms with Gasteiger partial charge in [-0.3, -0.25) is 4.79 Å². The lowest BCUT2D eigenvalue weighted by atomic mass is 10.2. The van der Waals surface area contributed by atoms with Gasteiger partial charge in [0.2, 0.25) is 10.0 Å². The van der Waals surface area contributed by atoms with Gasteiger partial charge >= 0.3 is 0 Å². The quantitative estimate of drug-likeness (QED) is 0.723. The van der Waals surface area contributed by atoms with E-state index in [-0.39, 0.29) is 16.8 Å². The minimum atomic E-state index is -3.58. The minimum absolute atomic E-state index is 0.0181. The number of methoxy groups -OCH3 is 1. The van der Waals surface area contributed by atoms with Crippen LogP contribution in [0.3, 0.4) is 0 Å². The lowest BCUT2D eigenvalue weighted by Gasteiger charge is -2.12. The Hall–Kier alpha value is -2.58. The highest BCUT2D eigenvalue weighted by molar-refractivity contribution is 7.89. The molecule has 0 aliphatic heterocycles. The molecule has 2 N–H and O–H groups in total. The first-order valence-electron chi connectivity index (χ1n) is 8.67. The van der Waals surface area contributed by atoms with Crippen LogP contribution in [0.15, 0.2) is 47.4 Å². The summed E-state index contributed by atoms with van der Waals surface area (Å²) in [6, 6.07) is 11.1. The average molecular weight is 390 g/mol. The van der Waals surface area contributed by atoms with Crippen LogP contribution in [0.25, 0.3) is 0 Å². The van der Waals surface area contributed by atoms with E-state index in [0.717, 1.165) is 12.8 Å². The first-order valence-corrected chi connectivity index (χ1v) is 10.2. The summed E-state index contributed by atoms with van der Waals surface area (Å²) in [5.74, 6) is 0.631. The van der Waals surface area contributed by atoms with Crippen LogP contribution < -0.4 is 19.5 Å². The summed E-state index contributed by atoms with van der Waals surface area (Å²) >= 11 is 0. The molecule has 0 aromatic heterocycles. The Morgan fingerprint density at radius 2 is 1.93 bits per heavy atom. The fourth-order valence-corrected chi connectivity index (χ4v) is 3.87. The Kier molecular flexibility index (Phi) is 5.67. The summed E-state index contributed by atoms with van der Waals surface area (Å²) in [5.41, 5.74) is 0.770. The molecule has 7 nitrogen and oxygen atoms in total. The van der Waals surface area contributed by atoms with Crippen molar-refractivity contribution in [2.24, 2.45) is 0 Å². The zero-order valence-electron chi connectivity index (χ0n) is 15.2. The Morgan fingerprint density at radius 3 is 2.59 bits per heavy atom. The second kappa shape index (κ2) is 7.98. The van der Waals surface area contributed by atoms with Crippen LogP contribution in [0.1, 0.15) is 30.1 Å². The largest absolute Gasteiger partial charge is 0.493 e. The van der Waals surface area contributed by atoms with Crippen molar-refractivity contribution in [2.45, 2.75) is 30.7 Å². The molecule has 0 atom stereocenters. The Morgan fingerprint density at radius 1 is 1.15 bits per heavy atom. The number of carbonyl (C=O) groups is 1. The molecule has 1 fully saturated rings. The number of benzene rings is 2. The zero-order chi connectivity index (χ0) is 19.4. The van der Waals surface area contributed by atoms with Crippen LogP contribution in [0, 0.1) is 0 Å². The third-order valence-electron chi connectivity index (χ3n) is 4.03. The second-order valence-corrected chi connectivity index (χ2v) is 7.89. The molecule has 0 bridgehead atoms. The molecule has 0 radical (unpaired) electrons. The van der Waals surface area contributed by atoms with Gasteiger partial charge in [-0.25, -0.2) is 13.1 Å². The van der Waals surface area contributed by atoms with Crippen molar-refractivity contribution in [3.63, 3.8) is 0 Å². The lowest BCUT2D eigenvalue weighted by Crippen LogP contribution is -2.25. The van der Waals surface area contributed by atoms with Gasteiger partial charge in [0.25, 0.3) is 5.91 Å². The number of amides is 1. The Labute approximate surface area is 158 Å². The standard InChI is InChI=1S/C19H22N2O5S/c1-3-26-17-10-7-13(11-18(17)25-2)19(22)20-15-5-4-6-16(12-15)27(23,24)21-14-8-9-14/h4-7,10-12,14,21H,3,8-9H2,1-2H3,(H,20,22). The highest BCUT2D eigenvalue weighted by atomic mass is 32.2. The molecule has 144 valence electrons. The summed E-state index contributed by atoms with van der Waals surface area (Å²) in [4.78, 5) is 12.6. The van der Waals surface area contributed by atoms with Crippen LogP contribution >= 0.6 is 0 Å². The number of sulfonamides is 1. The molecule has 1 amide bonds.